The van der Waals surface area contributed by atoms with E-state index in [0.29, 0.717) is 0 Å². The van der Waals surface area contributed by atoms with E-state index in [-0.39, 0.29) is 5.78 Å². The fraction of sp³-hybridized carbons (Fsp3) is 0.417. The lowest BCUT2D eigenvalue weighted by Crippen LogP contribution is -2.24. The summed E-state index contributed by atoms with van der Waals surface area (Å²) in [6.45, 7) is 1.77. The summed E-state index contributed by atoms with van der Waals surface area (Å²) in [7, 11) is 0. The highest BCUT2D eigenvalue weighted by atomic mass is 16.1. The van der Waals surface area contributed by atoms with Crippen molar-refractivity contribution in [3.63, 3.8) is 0 Å². The van der Waals surface area contributed by atoms with Gasteiger partial charge < -0.3 is 5.32 Å². The van der Waals surface area contributed by atoms with Crippen LogP contribution >= 0.6 is 0 Å². The van der Waals surface area contributed by atoms with Crippen LogP contribution in [0.2, 0.25) is 0 Å². The molecule has 0 atom stereocenters. The Labute approximate surface area is 84.4 Å². The zero-order valence-corrected chi connectivity index (χ0v) is 8.25. The van der Waals surface area contributed by atoms with Crippen molar-refractivity contribution >= 4 is 5.78 Å². The maximum Gasteiger partial charge on any atom is 0.184 e. The van der Waals surface area contributed by atoms with Crippen molar-refractivity contribution in [2.24, 2.45) is 0 Å². The lowest BCUT2D eigenvalue weighted by atomic mass is 9.93. The van der Waals surface area contributed by atoms with Gasteiger partial charge in [0.15, 0.2) is 5.78 Å². The zero-order chi connectivity index (χ0) is 9.80. The van der Waals surface area contributed by atoms with E-state index in [2.05, 4.69) is 11.4 Å². The first kappa shape index (κ1) is 9.41. The van der Waals surface area contributed by atoms with Crippen molar-refractivity contribution in [2.75, 3.05) is 13.1 Å². The number of rotatable bonds is 2. The average molecular weight is 189 g/mol. The third-order valence-electron chi connectivity index (χ3n) is 2.66. The minimum atomic E-state index is 0.260. The minimum absolute atomic E-state index is 0.260. The summed E-state index contributed by atoms with van der Waals surface area (Å²) >= 11 is 0. The van der Waals surface area contributed by atoms with Gasteiger partial charge in [-0.3, -0.25) is 4.79 Å². The number of allylic oxidation sites excluding steroid dienone is 4. The molecule has 2 aliphatic rings. The summed E-state index contributed by atoms with van der Waals surface area (Å²) in [6.07, 6.45) is 10.8. The van der Waals surface area contributed by atoms with Crippen LogP contribution < -0.4 is 5.32 Å². The molecule has 0 amide bonds. The first-order valence-corrected chi connectivity index (χ1v) is 5.18. The molecule has 74 valence electrons. The number of hydrogen-bond acceptors (Lipinski definition) is 2. The molecule has 1 N–H and O–H groups in total. The van der Waals surface area contributed by atoms with Crippen LogP contribution in [0.3, 0.4) is 0 Å². The van der Waals surface area contributed by atoms with Crippen molar-refractivity contribution in [1.82, 2.24) is 5.32 Å². The van der Waals surface area contributed by atoms with Gasteiger partial charge in [-0.15, -0.1) is 0 Å². The molecule has 1 heterocycles. The maximum absolute atomic E-state index is 12.0. The molecule has 0 radical (unpaired) electrons. The van der Waals surface area contributed by atoms with Crippen molar-refractivity contribution < 1.29 is 4.79 Å². The van der Waals surface area contributed by atoms with Crippen LogP contribution in [-0.4, -0.2) is 18.9 Å². The highest BCUT2D eigenvalue weighted by Crippen LogP contribution is 2.18. The second-order valence-corrected chi connectivity index (χ2v) is 3.67. The number of nitrogens with one attached hydrogen (secondary N) is 1. The van der Waals surface area contributed by atoms with Gasteiger partial charge in [-0.1, -0.05) is 24.3 Å². The third kappa shape index (κ3) is 2.02. The lowest BCUT2D eigenvalue weighted by Gasteiger charge is -2.15. The monoisotopic (exact) mass is 189 g/mol. The average Bonchev–Trinajstić information content (AvgIpc) is 2.30. The first-order valence-electron chi connectivity index (χ1n) is 5.18. The van der Waals surface area contributed by atoms with E-state index in [1.165, 1.54) is 0 Å². The Hall–Kier alpha value is -1.15. The Bertz CT molecular complexity index is 323. The largest absolute Gasteiger partial charge is 0.313 e. The van der Waals surface area contributed by atoms with E-state index in [1.54, 1.807) is 0 Å². The highest BCUT2D eigenvalue weighted by Gasteiger charge is 2.16. The predicted molar refractivity (Wildman–Crippen MR) is 57.0 cm³/mol. The summed E-state index contributed by atoms with van der Waals surface area (Å²) in [5.41, 5.74) is 1.96. The molecule has 0 unspecified atom stereocenters. The van der Waals surface area contributed by atoms with Gasteiger partial charge in [-0.05, 0) is 31.4 Å². The van der Waals surface area contributed by atoms with Gasteiger partial charge in [0.25, 0.3) is 0 Å². The van der Waals surface area contributed by atoms with E-state index in [1.807, 2.05) is 18.2 Å². The van der Waals surface area contributed by atoms with Gasteiger partial charge in [-0.2, -0.15) is 0 Å². The molecule has 0 aromatic heterocycles. The lowest BCUT2D eigenvalue weighted by molar-refractivity contribution is -0.112. The molecule has 2 nitrogen and oxygen atoms in total. The van der Waals surface area contributed by atoms with Crippen LogP contribution in [0, 0.1) is 0 Å². The second-order valence-electron chi connectivity index (χ2n) is 3.67. The highest BCUT2D eigenvalue weighted by molar-refractivity contribution is 6.08. The SMILES string of the molecule is O=C(C1=CC=CCC1)C1=CCNCC1. The molecule has 2 heteroatoms. The zero-order valence-electron chi connectivity index (χ0n) is 8.25. The van der Waals surface area contributed by atoms with Crippen LogP contribution in [0.1, 0.15) is 19.3 Å². The molecule has 0 aromatic carbocycles. The van der Waals surface area contributed by atoms with E-state index in [9.17, 15) is 4.79 Å². The van der Waals surface area contributed by atoms with Crippen LogP contribution in [0.4, 0.5) is 0 Å². The maximum atomic E-state index is 12.0. The van der Waals surface area contributed by atoms with Crippen LogP contribution in [-0.2, 0) is 4.79 Å². The van der Waals surface area contributed by atoms with Gasteiger partial charge in [0.1, 0.15) is 0 Å². The van der Waals surface area contributed by atoms with Gasteiger partial charge in [0.2, 0.25) is 0 Å². The Kier molecular flexibility index (Phi) is 2.94. The van der Waals surface area contributed by atoms with E-state index < -0.39 is 0 Å². The van der Waals surface area contributed by atoms with Gasteiger partial charge in [0.05, 0.1) is 0 Å². The van der Waals surface area contributed by atoms with E-state index in [0.717, 1.165) is 43.5 Å². The first-order chi connectivity index (χ1) is 6.88. The van der Waals surface area contributed by atoms with Gasteiger partial charge >= 0.3 is 0 Å². The third-order valence-corrected chi connectivity index (χ3v) is 2.66. The molecular formula is C12H15NO. The minimum Gasteiger partial charge on any atom is -0.313 e. The predicted octanol–water partition coefficient (Wildman–Crippen LogP) is 1.75. The molecule has 0 fully saturated rings. The second kappa shape index (κ2) is 4.38. The summed E-state index contributed by atoms with van der Waals surface area (Å²) < 4.78 is 0. The topological polar surface area (TPSA) is 29.1 Å². The number of hydrogen-bond donors (Lipinski definition) is 1. The summed E-state index contributed by atoms with van der Waals surface area (Å²) in [6, 6.07) is 0. The summed E-state index contributed by atoms with van der Waals surface area (Å²) in [5, 5.41) is 3.21. The van der Waals surface area contributed by atoms with E-state index >= 15 is 0 Å². The molecule has 2 rings (SSSR count). The van der Waals surface area contributed by atoms with Crippen molar-refractivity contribution in [2.45, 2.75) is 19.3 Å². The summed E-state index contributed by atoms with van der Waals surface area (Å²) in [5.74, 6) is 0.260. The van der Waals surface area contributed by atoms with Crippen LogP contribution in [0.15, 0.2) is 35.5 Å². The molecule has 0 spiro atoms. The normalized spacial score (nSPS) is 21.4. The molecule has 0 aromatic rings. The molecule has 14 heavy (non-hydrogen) atoms. The Morgan fingerprint density at radius 1 is 1.29 bits per heavy atom. The Morgan fingerprint density at radius 2 is 2.21 bits per heavy atom. The number of Topliss-reactive ketones (excluding diaryl/α,β-unsaturated/α-hetero) is 1. The molecule has 0 bridgehead atoms. The van der Waals surface area contributed by atoms with Crippen LogP contribution in [0.25, 0.3) is 0 Å². The quantitative estimate of drug-likeness (QED) is 0.717. The Balaban J connectivity index is 2.10. The van der Waals surface area contributed by atoms with E-state index in [4.69, 9.17) is 0 Å². The van der Waals surface area contributed by atoms with Crippen LogP contribution in [0.5, 0.6) is 0 Å². The molecule has 0 saturated carbocycles. The molecular weight excluding hydrogens is 174 g/mol. The van der Waals surface area contributed by atoms with Gasteiger partial charge in [-0.25, -0.2) is 0 Å². The number of carbonyl (C=O) groups excluding carboxylic acids is 1. The van der Waals surface area contributed by atoms with Gasteiger partial charge in [0, 0.05) is 12.1 Å². The Morgan fingerprint density at radius 3 is 2.86 bits per heavy atom. The number of ketones is 1. The smallest absolute Gasteiger partial charge is 0.184 e. The molecule has 1 aliphatic heterocycles. The summed E-state index contributed by atoms with van der Waals surface area (Å²) in [4.78, 5) is 12.0. The molecule has 1 aliphatic carbocycles. The fourth-order valence-electron chi connectivity index (χ4n) is 1.83. The standard InChI is InChI=1S/C12H15NO/c14-12(10-4-2-1-3-5-10)11-6-8-13-9-7-11/h1-2,4,6,13H,3,5,7-9H2. The van der Waals surface area contributed by atoms with Crippen molar-refractivity contribution in [1.29, 1.82) is 0 Å². The fourth-order valence-corrected chi connectivity index (χ4v) is 1.83. The van der Waals surface area contributed by atoms with Crippen molar-refractivity contribution in [3.8, 4) is 0 Å². The number of carbonyl (C=O) groups is 1. The molecule has 0 saturated heterocycles. The van der Waals surface area contributed by atoms with Crippen molar-refractivity contribution in [3.05, 3.63) is 35.5 Å².